The number of nitrogens with one attached hydrogen (secondary N) is 1. The third-order valence-electron chi connectivity index (χ3n) is 6.45. The summed E-state index contributed by atoms with van der Waals surface area (Å²) < 4.78 is 5.31. The molecule has 1 atom stereocenters. The Labute approximate surface area is 184 Å². The van der Waals surface area contributed by atoms with E-state index in [-0.39, 0.29) is 11.3 Å². The lowest BCUT2D eigenvalue weighted by atomic mass is 9.94. The summed E-state index contributed by atoms with van der Waals surface area (Å²) in [5, 5.41) is 18.3. The average molecular weight is 424 g/mol. The second-order valence-electron chi connectivity index (χ2n) is 9.27. The largest absolute Gasteiger partial charge is 0.508 e. The lowest BCUT2D eigenvalue weighted by Crippen LogP contribution is -2.62. The van der Waals surface area contributed by atoms with Gasteiger partial charge < -0.3 is 9.84 Å². The minimum absolute atomic E-state index is 0.0339. The van der Waals surface area contributed by atoms with E-state index in [1.807, 2.05) is 12.1 Å². The first-order valence-corrected chi connectivity index (χ1v) is 10.9. The number of phenols is 1. The first-order valence-electron chi connectivity index (χ1n) is 10.9. The van der Waals surface area contributed by atoms with Gasteiger partial charge in [0.05, 0.1) is 12.3 Å². The Morgan fingerprint density at radius 2 is 2.00 bits per heavy atom. The van der Waals surface area contributed by atoms with Crippen LogP contribution in [0.5, 0.6) is 5.75 Å². The molecule has 1 aliphatic heterocycles. The number of aromatic hydroxyl groups is 1. The Bertz CT molecular complexity index is 1040. The number of benzene rings is 1. The Morgan fingerprint density at radius 1 is 1.26 bits per heavy atom. The van der Waals surface area contributed by atoms with Crippen LogP contribution < -0.4 is 0 Å². The van der Waals surface area contributed by atoms with Gasteiger partial charge in [-0.15, -0.1) is 0 Å². The minimum atomic E-state index is 0.0339. The molecule has 7 nitrogen and oxygen atoms in total. The number of methoxy groups -OCH3 is 1. The highest BCUT2D eigenvalue weighted by Crippen LogP contribution is 2.31. The van der Waals surface area contributed by atoms with Gasteiger partial charge in [0.1, 0.15) is 5.75 Å². The zero-order valence-electron chi connectivity index (χ0n) is 19.1. The molecular formula is C24H33N5O2. The molecule has 2 aromatic heterocycles. The molecule has 166 valence electrons. The van der Waals surface area contributed by atoms with Crippen molar-refractivity contribution in [2.24, 2.45) is 0 Å². The number of aryl methyl sites for hydroxylation is 1. The number of phenolic OH excluding ortho intramolecular Hbond substituents is 1. The van der Waals surface area contributed by atoms with E-state index >= 15 is 0 Å². The van der Waals surface area contributed by atoms with Crippen molar-refractivity contribution in [3.05, 3.63) is 41.6 Å². The van der Waals surface area contributed by atoms with Gasteiger partial charge in [-0.3, -0.25) is 14.9 Å². The number of piperazine rings is 1. The number of pyridine rings is 1. The predicted octanol–water partition coefficient (Wildman–Crippen LogP) is 3.57. The SMILES string of the molecule is COCCN1CC(C)(C)N(Cc2cc(-c3ccc(O)cc3)nc3n[nH]c(C)c23)CC1C. The monoisotopic (exact) mass is 423 g/mol. The van der Waals surface area contributed by atoms with Crippen molar-refractivity contribution in [1.82, 2.24) is 25.0 Å². The van der Waals surface area contributed by atoms with Gasteiger partial charge in [-0.25, -0.2) is 4.98 Å². The van der Waals surface area contributed by atoms with E-state index in [4.69, 9.17) is 9.72 Å². The van der Waals surface area contributed by atoms with Crippen LogP contribution in [0.2, 0.25) is 0 Å². The molecule has 3 aromatic rings. The highest BCUT2D eigenvalue weighted by atomic mass is 16.5. The molecule has 1 aliphatic rings. The number of nitrogens with zero attached hydrogens (tertiary/aromatic N) is 4. The Balaban J connectivity index is 1.67. The summed E-state index contributed by atoms with van der Waals surface area (Å²) in [6.07, 6.45) is 0. The molecule has 0 aliphatic carbocycles. The third-order valence-corrected chi connectivity index (χ3v) is 6.45. The molecule has 1 aromatic carbocycles. The molecule has 0 radical (unpaired) electrons. The van der Waals surface area contributed by atoms with Gasteiger partial charge in [-0.05, 0) is 63.6 Å². The lowest BCUT2D eigenvalue weighted by molar-refractivity contribution is -0.0252. The van der Waals surface area contributed by atoms with Crippen molar-refractivity contribution >= 4 is 11.0 Å². The summed E-state index contributed by atoms with van der Waals surface area (Å²) in [7, 11) is 1.76. The number of H-pyrrole nitrogens is 1. The number of aromatic amines is 1. The molecule has 31 heavy (non-hydrogen) atoms. The van der Waals surface area contributed by atoms with Gasteiger partial charge >= 0.3 is 0 Å². The molecule has 4 rings (SSSR count). The molecular weight excluding hydrogens is 390 g/mol. The van der Waals surface area contributed by atoms with Crippen LogP contribution in [-0.2, 0) is 11.3 Å². The van der Waals surface area contributed by atoms with Crippen molar-refractivity contribution in [2.45, 2.75) is 45.8 Å². The number of hydrogen-bond acceptors (Lipinski definition) is 6. The molecule has 0 spiro atoms. The molecule has 0 bridgehead atoms. The maximum absolute atomic E-state index is 9.65. The van der Waals surface area contributed by atoms with Crippen LogP contribution in [0.3, 0.4) is 0 Å². The standard InChI is InChI=1S/C24H33N5O2/c1-16-13-29(24(3,4)15-28(16)10-11-31-5)14-19-12-21(18-6-8-20(30)9-7-18)25-23-22(19)17(2)26-27-23/h6-9,12,16,30H,10-11,13-15H2,1-5H3,(H,25,26,27). The van der Waals surface area contributed by atoms with Gasteiger partial charge in [-0.2, -0.15) is 5.10 Å². The fourth-order valence-electron chi connectivity index (χ4n) is 4.60. The summed E-state index contributed by atoms with van der Waals surface area (Å²) in [6.45, 7) is 13.5. The first-order chi connectivity index (χ1) is 14.8. The normalized spacial score (nSPS) is 19.8. The molecule has 2 N–H and O–H groups in total. The third kappa shape index (κ3) is 4.44. The first kappa shape index (κ1) is 21.7. The number of aromatic nitrogens is 3. The molecule has 7 heteroatoms. The average Bonchev–Trinajstić information content (AvgIpc) is 3.11. The fraction of sp³-hybridized carbons (Fsp3) is 0.500. The molecule has 3 heterocycles. The maximum Gasteiger partial charge on any atom is 0.182 e. The number of ether oxygens (including phenoxy) is 1. The second-order valence-corrected chi connectivity index (χ2v) is 9.27. The van der Waals surface area contributed by atoms with Crippen molar-refractivity contribution < 1.29 is 9.84 Å². The molecule has 1 saturated heterocycles. The van der Waals surface area contributed by atoms with E-state index in [9.17, 15) is 5.11 Å². The Kier molecular flexibility index (Phi) is 6.01. The number of hydrogen-bond donors (Lipinski definition) is 2. The summed E-state index contributed by atoms with van der Waals surface area (Å²) in [6, 6.07) is 9.82. The van der Waals surface area contributed by atoms with Gasteiger partial charge in [0.25, 0.3) is 0 Å². The summed E-state index contributed by atoms with van der Waals surface area (Å²) >= 11 is 0. The van der Waals surface area contributed by atoms with Crippen molar-refractivity contribution in [3.8, 4) is 17.0 Å². The number of rotatable bonds is 6. The van der Waals surface area contributed by atoms with Crippen molar-refractivity contribution in [1.29, 1.82) is 0 Å². The lowest BCUT2D eigenvalue weighted by Gasteiger charge is -2.50. The van der Waals surface area contributed by atoms with Crippen LogP contribution >= 0.6 is 0 Å². The summed E-state index contributed by atoms with van der Waals surface area (Å²) in [4.78, 5) is 9.88. The van der Waals surface area contributed by atoms with E-state index in [1.54, 1.807) is 19.2 Å². The van der Waals surface area contributed by atoms with Gasteiger partial charge in [0.2, 0.25) is 0 Å². The van der Waals surface area contributed by atoms with Gasteiger partial charge in [0, 0.05) is 61.5 Å². The van der Waals surface area contributed by atoms with Gasteiger partial charge in [0.15, 0.2) is 5.65 Å². The van der Waals surface area contributed by atoms with Crippen LogP contribution in [0.15, 0.2) is 30.3 Å². The van der Waals surface area contributed by atoms with Crippen molar-refractivity contribution in [3.63, 3.8) is 0 Å². The fourth-order valence-corrected chi connectivity index (χ4v) is 4.60. The van der Waals surface area contributed by atoms with E-state index in [1.165, 1.54) is 5.56 Å². The van der Waals surface area contributed by atoms with Crippen LogP contribution in [0, 0.1) is 6.92 Å². The molecule has 1 fully saturated rings. The molecule has 0 amide bonds. The van der Waals surface area contributed by atoms with E-state index in [0.717, 1.165) is 60.8 Å². The summed E-state index contributed by atoms with van der Waals surface area (Å²) in [5.41, 5.74) is 4.88. The van der Waals surface area contributed by atoms with E-state index in [2.05, 4.69) is 53.8 Å². The summed E-state index contributed by atoms with van der Waals surface area (Å²) in [5.74, 6) is 0.253. The second kappa shape index (κ2) is 8.57. The minimum Gasteiger partial charge on any atom is -0.508 e. The molecule has 0 saturated carbocycles. The Morgan fingerprint density at radius 3 is 2.71 bits per heavy atom. The van der Waals surface area contributed by atoms with Crippen LogP contribution in [0.25, 0.3) is 22.3 Å². The van der Waals surface area contributed by atoms with Gasteiger partial charge in [-0.1, -0.05) is 0 Å². The highest BCUT2D eigenvalue weighted by molar-refractivity contribution is 5.84. The van der Waals surface area contributed by atoms with E-state index < -0.39 is 0 Å². The van der Waals surface area contributed by atoms with E-state index in [0.29, 0.717) is 6.04 Å². The zero-order chi connectivity index (χ0) is 22.2. The van der Waals surface area contributed by atoms with Crippen LogP contribution in [0.4, 0.5) is 0 Å². The maximum atomic E-state index is 9.65. The van der Waals surface area contributed by atoms with Crippen molar-refractivity contribution in [2.75, 3.05) is 33.4 Å². The highest BCUT2D eigenvalue weighted by Gasteiger charge is 2.37. The van der Waals surface area contributed by atoms with Crippen LogP contribution in [-0.4, -0.2) is 75.0 Å². The molecule has 1 unspecified atom stereocenters. The number of fused-ring (bicyclic) bond motifs is 1. The van der Waals surface area contributed by atoms with Crippen LogP contribution in [0.1, 0.15) is 32.0 Å². The topological polar surface area (TPSA) is 77.5 Å². The quantitative estimate of drug-likeness (QED) is 0.631. The predicted molar refractivity (Wildman–Crippen MR) is 123 cm³/mol. The smallest absolute Gasteiger partial charge is 0.182 e. The Hall–Kier alpha value is -2.48. The zero-order valence-corrected chi connectivity index (χ0v) is 19.1.